The SMILES string of the molecule is CC(C)NC(=O)COC(=O)CNC(=O)c1ccc(Cl)c([N+](=O)[O-])c1. The molecule has 0 fully saturated rings. The first-order valence-corrected chi connectivity index (χ1v) is 7.25. The van der Waals surface area contributed by atoms with Gasteiger partial charge in [-0.05, 0) is 26.0 Å². The van der Waals surface area contributed by atoms with Crippen LogP contribution in [0.5, 0.6) is 0 Å². The van der Waals surface area contributed by atoms with Crippen molar-refractivity contribution in [1.82, 2.24) is 10.6 Å². The molecule has 0 saturated carbocycles. The minimum absolute atomic E-state index is 0.0311. The Morgan fingerprint density at radius 3 is 2.58 bits per heavy atom. The normalized spacial score (nSPS) is 10.2. The molecule has 24 heavy (non-hydrogen) atoms. The summed E-state index contributed by atoms with van der Waals surface area (Å²) >= 11 is 5.64. The van der Waals surface area contributed by atoms with E-state index in [1.54, 1.807) is 13.8 Å². The standard InChI is InChI=1S/C14H16ClN3O6/c1-8(2)17-12(19)7-24-13(20)6-16-14(21)9-3-4-10(15)11(5-9)18(22)23/h3-5,8H,6-7H2,1-2H3,(H,16,21)(H,17,19). The lowest BCUT2D eigenvalue weighted by Crippen LogP contribution is -2.36. The van der Waals surface area contributed by atoms with E-state index in [1.165, 1.54) is 12.1 Å². The van der Waals surface area contributed by atoms with Crippen molar-refractivity contribution in [3.8, 4) is 0 Å². The van der Waals surface area contributed by atoms with Crippen LogP contribution in [-0.4, -0.2) is 41.9 Å². The van der Waals surface area contributed by atoms with Crippen LogP contribution in [0.2, 0.25) is 5.02 Å². The molecule has 130 valence electrons. The summed E-state index contributed by atoms with van der Waals surface area (Å²) in [6.07, 6.45) is 0. The summed E-state index contributed by atoms with van der Waals surface area (Å²) in [6.45, 7) is 2.57. The zero-order valence-electron chi connectivity index (χ0n) is 13.0. The molecule has 9 nitrogen and oxygen atoms in total. The lowest BCUT2D eigenvalue weighted by molar-refractivity contribution is -0.384. The second-order valence-electron chi connectivity index (χ2n) is 4.99. The highest BCUT2D eigenvalue weighted by molar-refractivity contribution is 6.32. The van der Waals surface area contributed by atoms with Crippen molar-refractivity contribution < 1.29 is 24.0 Å². The summed E-state index contributed by atoms with van der Waals surface area (Å²) in [6, 6.07) is 3.41. The zero-order valence-corrected chi connectivity index (χ0v) is 13.8. The lowest BCUT2D eigenvalue weighted by atomic mass is 10.2. The first kappa shape index (κ1) is 19.4. The summed E-state index contributed by atoms with van der Waals surface area (Å²) in [5.41, 5.74) is -0.450. The summed E-state index contributed by atoms with van der Waals surface area (Å²) in [7, 11) is 0. The first-order valence-electron chi connectivity index (χ1n) is 6.87. The molecule has 1 aromatic rings. The molecule has 0 radical (unpaired) electrons. The van der Waals surface area contributed by atoms with Crippen molar-refractivity contribution in [2.24, 2.45) is 0 Å². The molecule has 0 saturated heterocycles. The molecular weight excluding hydrogens is 342 g/mol. The minimum atomic E-state index is -0.814. The van der Waals surface area contributed by atoms with Gasteiger partial charge in [0.15, 0.2) is 6.61 Å². The Bertz CT molecular complexity index is 662. The average Bonchev–Trinajstić information content (AvgIpc) is 2.50. The summed E-state index contributed by atoms with van der Waals surface area (Å²) in [5, 5.41) is 15.4. The molecule has 1 aromatic carbocycles. The van der Waals surface area contributed by atoms with Gasteiger partial charge in [-0.3, -0.25) is 24.5 Å². The molecule has 0 atom stereocenters. The molecule has 0 unspecified atom stereocenters. The highest BCUT2D eigenvalue weighted by atomic mass is 35.5. The molecule has 0 bridgehead atoms. The third-order valence-corrected chi connectivity index (χ3v) is 2.93. The Kier molecular flexibility index (Phi) is 7.12. The van der Waals surface area contributed by atoms with Crippen LogP contribution in [0.1, 0.15) is 24.2 Å². The fraction of sp³-hybridized carbons (Fsp3) is 0.357. The van der Waals surface area contributed by atoms with Gasteiger partial charge in [-0.15, -0.1) is 0 Å². The van der Waals surface area contributed by atoms with E-state index in [9.17, 15) is 24.5 Å². The average molecular weight is 358 g/mol. The number of carbonyl (C=O) groups is 3. The summed E-state index contributed by atoms with van der Waals surface area (Å²) in [5.74, 6) is -1.98. The van der Waals surface area contributed by atoms with Crippen LogP contribution in [-0.2, 0) is 14.3 Å². The fourth-order valence-electron chi connectivity index (χ4n) is 1.61. The number of esters is 1. The van der Waals surface area contributed by atoms with E-state index in [-0.39, 0.29) is 16.6 Å². The number of halogens is 1. The second kappa shape index (κ2) is 8.82. The third kappa shape index (κ3) is 6.21. The largest absolute Gasteiger partial charge is 0.454 e. The molecule has 0 aromatic heterocycles. The second-order valence-corrected chi connectivity index (χ2v) is 5.40. The van der Waals surface area contributed by atoms with Crippen LogP contribution in [0.4, 0.5) is 5.69 Å². The van der Waals surface area contributed by atoms with E-state index >= 15 is 0 Å². The van der Waals surface area contributed by atoms with Crippen LogP contribution < -0.4 is 10.6 Å². The highest BCUT2D eigenvalue weighted by Crippen LogP contribution is 2.24. The predicted octanol–water partition coefficient (Wildman–Crippen LogP) is 1.05. The van der Waals surface area contributed by atoms with E-state index in [0.717, 1.165) is 6.07 Å². The molecule has 2 N–H and O–H groups in total. The molecule has 10 heteroatoms. The summed E-state index contributed by atoms with van der Waals surface area (Å²) in [4.78, 5) is 44.6. The first-order chi connectivity index (χ1) is 11.2. The molecule has 0 aliphatic heterocycles. The molecule has 0 spiro atoms. The molecular formula is C14H16ClN3O6. The number of carbonyl (C=O) groups excluding carboxylic acids is 3. The van der Waals surface area contributed by atoms with Gasteiger partial charge in [0.25, 0.3) is 17.5 Å². The number of hydrogen-bond acceptors (Lipinski definition) is 6. The van der Waals surface area contributed by atoms with Crippen LogP contribution in [0.15, 0.2) is 18.2 Å². The van der Waals surface area contributed by atoms with E-state index in [0.29, 0.717) is 0 Å². The smallest absolute Gasteiger partial charge is 0.325 e. The molecule has 0 aliphatic rings. The molecule has 0 aliphatic carbocycles. The van der Waals surface area contributed by atoms with Crippen molar-refractivity contribution in [3.63, 3.8) is 0 Å². The van der Waals surface area contributed by atoms with Gasteiger partial charge >= 0.3 is 5.97 Å². The zero-order chi connectivity index (χ0) is 18.3. The van der Waals surface area contributed by atoms with Crippen molar-refractivity contribution >= 4 is 35.1 Å². The van der Waals surface area contributed by atoms with Gasteiger partial charge in [-0.1, -0.05) is 11.6 Å². The Balaban J connectivity index is 2.51. The van der Waals surface area contributed by atoms with Gasteiger partial charge in [-0.2, -0.15) is 0 Å². The van der Waals surface area contributed by atoms with Gasteiger partial charge in [0, 0.05) is 17.7 Å². The van der Waals surface area contributed by atoms with Crippen LogP contribution in [0.3, 0.4) is 0 Å². The Labute approximate surface area is 142 Å². The van der Waals surface area contributed by atoms with Crippen molar-refractivity contribution in [3.05, 3.63) is 38.9 Å². The summed E-state index contributed by atoms with van der Waals surface area (Å²) < 4.78 is 4.68. The fourth-order valence-corrected chi connectivity index (χ4v) is 1.80. The number of nitrogens with one attached hydrogen (secondary N) is 2. The number of hydrogen-bond donors (Lipinski definition) is 2. The molecule has 2 amide bonds. The van der Waals surface area contributed by atoms with Gasteiger partial charge < -0.3 is 15.4 Å². The van der Waals surface area contributed by atoms with Crippen LogP contribution >= 0.6 is 11.6 Å². The number of amides is 2. The molecule has 0 heterocycles. The number of rotatable bonds is 7. The van der Waals surface area contributed by atoms with E-state index in [2.05, 4.69) is 15.4 Å². The van der Waals surface area contributed by atoms with Gasteiger partial charge in [0.1, 0.15) is 11.6 Å². The van der Waals surface area contributed by atoms with Gasteiger partial charge in [-0.25, -0.2) is 0 Å². The quantitative estimate of drug-likeness (QED) is 0.426. The van der Waals surface area contributed by atoms with Crippen LogP contribution in [0.25, 0.3) is 0 Å². The monoisotopic (exact) mass is 357 g/mol. The third-order valence-electron chi connectivity index (χ3n) is 2.61. The van der Waals surface area contributed by atoms with E-state index in [1.807, 2.05) is 0 Å². The maximum absolute atomic E-state index is 11.9. The van der Waals surface area contributed by atoms with Crippen molar-refractivity contribution in [2.75, 3.05) is 13.2 Å². The number of nitrogens with zero attached hydrogens (tertiary/aromatic N) is 1. The number of ether oxygens (including phenoxy) is 1. The lowest BCUT2D eigenvalue weighted by Gasteiger charge is -2.09. The van der Waals surface area contributed by atoms with E-state index in [4.69, 9.17) is 11.6 Å². The predicted molar refractivity (Wildman–Crippen MR) is 84.7 cm³/mol. The van der Waals surface area contributed by atoms with Crippen molar-refractivity contribution in [1.29, 1.82) is 0 Å². The van der Waals surface area contributed by atoms with Crippen LogP contribution in [0, 0.1) is 10.1 Å². The number of nitro groups is 1. The number of benzene rings is 1. The maximum atomic E-state index is 11.9. The van der Waals surface area contributed by atoms with E-state index < -0.39 is 41.5 Å². The maximum Gasteiger partial charge on any atom is 0.325 e. The Morgan fingerprint density at radius 1 is 1.33 bits per heavy atom. The Morgan fingerprint density at radius 2 is 2.00 bits per heavy atom. The topological polar surface area (TPSA) is 128 Å². The highest BCUT2D eigenvalue weighted by Gasteiger charge is 2.17. The van der Waals surface area contributed by atoms with Gasteiger partial charge in [0.05, 0.1) is 4.92 Å². The van der Waals surface area contributed by atoms with Crippen molar-refractivity contribution in [2.45, 2.75) is 19.9 Å². The molecule has 1 rings (SSSR count). The minimum Gasteiger partial charge on any atom is -0.454 e. The van der Waals surface area contributed by atoms with Gasteiger partial charge in [0.2, 0.25) is 0 Å². The number of nitro benzene ring substituents is 1. The Hall–Kier alpha value is -2.68.